The third-order valence-electron chi connectivity index (χ3n) is 9.28. The molecule has 0 aliphatic heterocycles. The number of hydrogen-bond acceptors (Lipinski definition) is 3. The number of ketones is 1. The van der Waals surface area contributed by atoms with E-state index in [-0.39, 0.29) is 6.42 Å². The van der Waals surface area contributed by atoms with Crippen molar-refractivity contribution in [2.24, 2.45) is 0 Å². The number of Topliss-reactive ketones (excluding diaryl/α,β-unsaturated/α-hetero) is 1. The van der Waals surface area contributed by atoms with E-state index in [1.165, 1.54) is 186 Å². The van der Waals surface area contributed by atoms with Gasteiger partial charge in [-0.3, -0.25) is 9.59 Å². The first-order valence-electron chi connectivity index (χ1n) is 19.5. The predicted molar refractivity (Wildman–Crippen MR) is 186 cm³/mol. The molecule has 44 heavy (non-hydrogen) atoms. The molecule has 0 aliphatic rings. The van der Waals surface area contributed by atoms with Gasteiger partial charge in [-0.25, -0.2) is 4.79 Å². The molecule has 0 aromatic carbocycles. The minimum Gasteiger partial charge on any atom is -0.481 e. The Kier molecular flexibility index (Phi) is 34.9. The van der Waals surface area contributed by atoms with Crippen molar-refractivity contribution in [1.82, 2.24) is 0 Å². The summed E-state index contributed by atoms with van der Waals surface area (Å²) in [5, 5.41) is 17.2. The largest absolute Gasteiger partial charge is 0.481 e. The predicted octanol–water partition coefficient (Wildman–Crippen LogP) is 12.8. The third-order valence-corrected chi connectivity index (χ3v) is 9.28. The molecule has 0 amide bonds. The summed E-state index contributed by atoms with van der Waals surface area (Å²) < 4.78 is 0. The van der Waals surface area contributed by atoms with E-state index in [2.05, 4.69) is 0 Å². The van der Waals surface area contributed by atoms with Gasteiger partial charge in [0.05, 0.1) is 0 Å². The molecule has 260 valence electrons. The van der Waals surface area contributed by atoms with E-state index >= 15 is 0 Å². The van der Waals surface area contributed by atoms with Crippen molar-refractivity contribution >= 4 is 17.7 Å². The zero-order valence-corrected chi connectivity index (χ0v) is 29.1. The molecule has 0 aromatic heterocycles. The van der Waals surface area contributed by atoms with Crippen LogP contribution in [0.15, 0.2) is 0 Å². The molecule has 0 aromatic rings. The zero-order valence-electron chi connectivity index (χ0n) is 29.1. The molecule has 0 rings (SSSR count). The number of carboxylic acids is 2. The maximum absolute atomic E-state index is 11.0. The minimum absolute atomic E-state index is 0.197. The van der Waals surface area contributed by atoms with E-state index in [9.17, 15) is 14.4 Å². The summed E-state index contributed by atoms with van der Waals surface area (Å²) in [6, 6.07) is 0. The van der Waals surface area contributed by atoms with E-state index in [0.717, 1.165) is 32.1 Å². The summed E-state index contributed by atoms with van der Waals surface area (Å²) in [4.78, 5) is 32.0. The quantitative estimate of drug-likeness (QED) is 0.0528. The van der Waals surface area contributed by atoms with Gasteiger partial charge in [-0.2, -0.15) is 0 Å². The molecule has 0 saturated carbocycles. The molecule has 0 spiro atoms. The van der Waals surface area contributed by atoms with Crippen molar-refractivity contribution < 1.29 is 24.6 Å². The van der Waals surface area contributed by atoms with Crippen LogP contribution >= 0.6 is 0 Å². The summed E-state index contributed by atoms with van der Waals surface area (Å²) in [5.41, 5.74) is 0. The van der Waals surface area contributed by atoms with Gasteiger partial charge in [0.1, 0.15) is 0 Å². The monoisotopic (exact) mass is 623 g/mol. The van der Waals surface area contributed by atoms with E-state index in [1.807, 2.05) is 0 Å². The number of carbonyl (C=O) groups is 3. The van der Waals surface area contributed by atoms with E-state index in [1.54, 1.807) is 0 Å². The maximum Gasteiger partial charge on any atom is 0.372 e. The van der Waals surface area contributed by atoms with Gasteiger partial charge >= 0.3 is 11.9 Å². The topological polar surface area (TPSA) is 91.7 Å². The van der Waals surface area contributed by atoms with Gasteiger partial charge < -0.3 is 10.2 Å². The molecule has 2 N–H and O–H groups in total. The summed E-state index contributed by atoms with van der Waals surface area (Å²) in [6.45, 7) is 0. The molecule has 0 atom stereocenters. The Morgan fingerprint density at radius 1 is 0.250 bits per heavy atom. The second-order valence-electron chi connectivity index (χ2n) is 13.6. The van der Waals surface area contributed by atoms with Gasteiger partial charge in [0, 0.05) is 12.8 Å². The number of hydrogen-bond donors (Lipinski definition) is 2. The molecule has 5 nitrogen and oxygen atoms in total. The van der Waals surface area contributed by atoms with Crippen molar-refractivity contribution in [2.45, 2.75) is 231 Å². The van der Waals surface area contributed by atoms with E-state index in [4.69, 9.17) is 10.2 Å². The highest BCUT2D eigenvalue weighted by Crippen LogP contribution is 2.17. The van der Waals surface area contributed by atoms with Crippen molar-refractivity contribution in [2.75, 3.05) is 0 Å². The molecule has 0 unspecified atom stereocenters. The van der Waals surface area contributed by atoms with Crippen molar-refractivity contribution in [3.63, 3.8) is 0 Å². The molecule has 5 heteroatoms. The first kappa shape index (κ1) is 42.6. The third kappa shape index (κ3) is 36.8. The minimum atomic E-state index is -1.29. The van der Waals surface area contributed by atoms with Gasteiger partial charge in [0.2, 0.25) is 5.78 Å². The van der Waals surface area contributed by atoms with Crippen LogP contribution < -0.4 is 0 Å². The Morgan fingerprint density at radius 2 is 0.409 bits per heavy atom. The summed E-state index contributed by atoms with van der Waals surface area (Å²) in [7, 11) is 0. The fourth-order valence-corrected chi connectivity index (χ4v) is 6.33. The molecule has 0 saturated heterocycles. The second kappa shape index (κ2) is 36.1. The van der Waals surface area contributed by atoms with Crippen LogP contribution in [0.1, 0.15) is 231 Å². The van der Waals surface area contributed by atoms with Crippen LogP contribution in [0.4, 0.5) is 0 Å². The molecular formula is C39H74O5. The highest BCUT2D eigenvalue weighted by Gasteiger charge is 2.09. The molecule has 0 bridgehead atoms. The van der Waals surface area contributed by atoms with Crippen molar-refractivity contribution in [1.29, 1.82) is 0 Å². The lowest BCUT2D eigenvalue weighted by atomic mass is 10.0. The Labute approximate surface area is 273 Å². The van der Waals surface area contributed by atoms with Crippen molar-refractivity contribution in [3.8, 4) is 0 Å². The van der Waals surface area contributed by atoms with E-state index in [0.29, 0.717) is 6.42 Å². The van der Waals surface area contributed by atoms with Gasteiger partial charge in [-0.15, -0.1) is 0 Å². The summed E-state index contributed by atoms with van der Waals surface area (Å²) in [5.74, 6) is -2.59. The molecule has 0 aliphatic carbocycles. The highest BCUT2D eigenvalue weighted by atomic mass is 16.4. The smallest absolute Gasteiger partial charge is 0.372 e. The summed E-state index contributed by atoms with van der Waals surface area (Å²) in [6.07, 6.45) is 45.4. The van der Waals surface area contributed by atoms with Crippen LogP contribution in [0.5, 0.6) is 0 Å². The number of carboxylic acid groups (broad SMARTS) is 2. The standard InChI is InChI=1S/C39H74O5/c40-37(39(43)44)35-33-31-29-27-25-23-21-19-17-15-13-11-9-7-5-3-1-2-4-6-8-10-12-14-16-18-20-22-24-26-28-30-32-34-36-38(41)42/h1-36H2,(H,41,42)(H,43,44). The Morgan fingerprint density at radius 3 is 0.568 bits per heavy atom. The fourth-order valence-electron chi connectivity index (χ4n) is 6.33. The van der Waals surface area contributed by atoms with Gasteiger partial charge in [-0.1, -0.05) is 205 Å². The Hall–Kier alpha value is -1.39. The number of rotatable bonds is 38. The lowest BCUT2D eigenvalue weighted by Gasteiger charge is -2.05. The fraction of sp³-hybridized carbons (Fsp3) is 0.923. The average Bonchev–Trinajstić information content (AvgIpc) is 3.00. The second-order valence-corrected chi connectivity index (χ2v) is 13.6. The number of unbranched alkanes of at least 4 members (excludes halogenated alkanes) is 33. The number of aliphatic carboxylic acids is 2. The van der Waals surface area contributed by atoms with Crippen molar-refractivity contribution in [3.05, 3.63) is 0 Å². The normalized spacial score (nSPS) is 11.3. The Bertz CT molecular complexity index is 632. The first-order chi connectivity index (χ1) is 21.5. The zero-order chi connectivity index (χ0) is 32.2. The van der Waals surface area contributed by atoms with Crippen LogP contribution in [0, 0.1) is 0 Å². The lowest BCUT2D eigenvalue weighted by Crippen LogP contribution is -2.11. The summed E-state index contributed by atoms with van der Waals surface area (Å²) >= 11 is 0. The van der Waals surface area contributed by atoms with Gasteiger partial charge in [0.15, 0.2) is 0 Å². The lowest BCUT2D eigenvalue weighted by molar-refractivity contribution is -0.149. The SMILES string of the molecule is O=C(O)CCCCCCCCCCCCCCCCCCCCCCCCCCCCCCCCCCCCC(=O)C(=O)O. The average molecular weight is 623 g/mol. The van der Waals surface area contributed by atoms with E-state index < -0.39 is 17.7 Å². The van der Waals surface area contributed by atoms with Crippen LogP contribution in [0.3, 0.4) is 0 Å². The van der Waals surface area contributed by atoms with Gasteiger partial charge in [0.25, 0.3) is 0 Å². The molecular weight excluding hydrogens is 548 g/mol. The van der Waals surface area contributed by atoms with Crippen LogP contribution in [0.25, 0.3) is 0 Å². The molecule has 0 fully saturated rings. The first-order valence-corrected chi connectivity index (χ1v) is 19.5. The van der Waals surface area contributed by atoms with Gasteiger partial charge in [-0.05, 0) is 12.8 Å². The molecule has 0 radical (unpaired) electrons. The highest BCUT2D eigenvalue weighted by molar-refractivity contribution is 6.32. The number of carbonyl (C=O) groups excluding carboxylic acids is 1. The van der Waals surface area contributed by atoms with Crippen LogP contribution in [-0.4, -0.2) is 27.9 Å². The molecule has 0 heterocycles. The van der Waals surface area contributed by atoms with Crippen LogP contribution in [-0.2, 0) is 14.4 Å². The maximum atomic E-state index is 11.0. The Balaban J connectivity index is 3.07. The van der Waals surface area contributed by atoms with Crippen LogP contribution in [0.2, 0.25) is 0 Å².